The maximum Gasteiger partial charge on any atom is 0.00187 e. The van der Waals surface area contributed by atoms with Crippen molar-refractivity contribution in [1.29, 1.82) is 0 Å². The van der Waals surface area contributed by atoms with Crippen LogP contribution in [0, 0.1) is 0 Å². The summed E-state index contributed by atoms with van der Waals surface area (Å²) >= 11 is 0. The van der Waals surface area contributed by atoms with E-state index in [-0.39, 0.29) is 0 Å². The molecular formula is C13H21N. The van der Waals surface area contributed by atoms with Crippen molar-refractivity contribution in [2.45, 2.75) is 26.7 Å². The molecule has 78 valence electrons. The molecule has 1 aromatic rings. The Morgan fingerprint density at radius 3 is 2.07 bits per heavy atom. The maximum atomic E-state index is 2.34. The van der Waals surface area contributed by atoms with Crippen LogP contribution in [0.1, 0.15) is 25.0 Å². The van der Waals surface area contributed by atoms with Gasteiger partial charge in [-0.1, -0.05) is 38.1 Å². The third kappa shape index (κ3) is 3.51. The van der Waals surface area contributed by atoms with E-state index in [1.54, 1.807) is 0 Å². The Kier molecular flexibility index (Phi) is 4.68. The van der Waals surface area contributed by atoms with E-state index in [1.807, 2.05) is 0 Å². The highest BCUT2D eigenvalue weighted by Gasteiger charge is 1.96. The van der Waals surface area contributed by atoms with Gasteiger partial charge < -0.3 is 4.90 Å². The Labute approximate surface area is 87.7 Å². The summed E-state index contributed by atoms with van der Waals surface area (Å²) in [5, 5.41) is 0. The molecule has 0 aliphatic rings. The minimum Gasteiger partial charge on any atom is -0.306 e. The third-order valence-corrected chi connectivity index (χ3v) is 2.75. The Bertz CT molecular complexity index is 250. The standard InChI is InChI=1S/C13H21N/c1-4-12-6-8-13(9-7-12)10-11-14(3)5-2/h6-9H,4-5,10-11H2,1-3H3. The summed E-state index contributed by atoms with van der Waals surface area (Å²) in [6.45, 7) is 6.68. The van der Waals surface area contributed by atoms with Gasteiger partial charge in [-0.15, -0.1) is 0 Å². The first kappa shape index (κ1) is 11.3. The van der Waals surface area contributed by atoms with Gasteiger partial charge in [0, 0.05) is 6.54 Å². The normalized spacial score (nSPS) is 10.9. The number of nitrogens with zero attached hydrogens (tertiary/aromatic N) is 1. The van der Waals surface area contributed by atoms with E-state index in [1.165, 1.54) is 11.1 Å². The van der Waals surface area contributed by atoms with Gasteiger partial charge in [0.1, 0.15) is 0 Å². The van der Waals surface area contributed by atoms with Crippen LogP contribution < -0.4 is 0 Å². The number of hydrogen-bond donors (Lipinski definition) is 0. The van der Waals surface area contributed by atoms with Crippen molar-refractivity contribution >= 4 is 0 Å². The average molecular weight is 191 g/mol. The summed E-state index contributed by atoms with van der Waals surface area (Å²) in [7, 11) is 2.17. The van der Waals surface area contributed by atoms with Crippen LogP contribution in [-0.2, 0) is 12.8 Å². The fourth-order valence-corrected chi connectivity index (χ4v) is 1.42. The zero-order chi connectivity index (χ0) is 10.4. The van der Waals surface area contributed by atoms with Crippen molar-refractivity contribution in [3.8, 4) is 0 Å². The predicted octanol–water partition coefficient (Wildman–Crippen LogP) is 2.74. The van der Waals surface area contributed by atoms with Crippen molar-refractivity contribution in [3.05, 3.63) is 35.4 Å². The lowest BCUT2D eigenvalue weighted by Crippen LogP contribution is -2.20. The van der Waals surface area contributed by atoms with E-state index >= 15 is 0 Å². The second-order valence-electron chi connectivity index (χ2n) is 3.82. The van der Waals surface area contributed by atoms with E-state index in [0.29, 0.717) is 0 Å². The van der Waals surface area contributed by atoms with Gasteiger partial charge in [-0.2, -0.15) is 0 Å². The molecule has 0 aliphatic carbocycles. The number of likely N-dealkylation sites (N-methyl/N-ethyl adjacent to an activating group) is 1. The van der Waals surface area contributed by atoms with E-state index in [4.69, 9.17) is 0 Å². The van der Waals surface area contributed by atoms with Crippen LogP contribution in [0.4, 0.5) is 0 Å². The molecule has 1 nitrogen and oxygen atoms in total. The topological polar surface area (TPSA) is 3.24 Å². The predicted molar refractivity (Wildman–Crippen MR) is 62.7 cm³/mol. The van der Waals surface area contributed by atoms with Gasteiger partial charge in [-0.3, -0.25) is 0 Å². The van der Waals surface area contributed by atoms with Gasteiger partial charge in [0.15, 0.2) is 0 Å². The molecule has 0 bridgehead atoms. The van der Waals surface area contributed by atoms with Crippen molar-refractivity contribution in [1.82, 2.24) is 4.90 Å². The Hall–Kier alpha value is -0.820. The van der Waals surface area contributed by atoms with Gasteiger partial charge in [-0.25, -0.2) is 0 Å². The fourth-order valence-electron chi connectivity index (χ4n) is 1.42. The molecule has 0 radical (unpaired) electrons. The third-order valence-electron chi connectivity index (χ3n) is 2.75. The van der Waals surface area contributed by atoms with Crippen LogP contribution in [0.15, 0.2) is 24.3 Å². The molecule has 0 unspecified atom stereocenters. The zero-order valence-electron chi connectivity index (χ0n) is 9.59. The molecule has 14 heavy (non-hydrogen) atoms. The summed E-state index contributed by atoms with van der Waals surface area (Å²) in [6, 6.07) is 8.98. The second kappa shape index (κ2) is 5.82. The molecule has 0 heterocycles. The van der Waals surface area contributed by atoms with Crippen LogP contribution in [0.5, 0.6) is 0 Å². The molecular weight excluding hydrogens is 170 g/mol. The van der Waals surface area contributed by atoms with E-state index in [2.05, 4.69) is 50.1 Å². The molecule has 0 saturated carbocycles. The van der Waals surface area contributed by atoms with E-state index in [9.17, 15) is 0 Å². The van der Waals surface area contributed by atoms with Crippen molar-refractivity contribution in [2.24, 2.45) is 0 Å². The summed E-state index contributed by atoms with van der Waals surface area (Å²) in [5.41, 5.74) is 2.88. The smallest absolute Gasteiger partial charge is 0.00187 e. The van der Waals surface area contributed by atoms with Crippen LogP contribution in [0.25, 0.3) is 0 Å². The first-order valence-electron chi connectivity index (χ1n) is 5.52. The second-order valence-corrected chi connectivity index (χ2v) is 3.82. The van der Waals surface area contributed by atoms with Gasteiger partial charge in [0.2, 0.25) is 0 Å². The highest BCUT2D eigenvalue weighted by molar-refractivity contribution is 5.22. The molecule has 0 fully saturated rings. The quantitative estimate of drug-likeness (QED) is 0.691. The van der Waals surface area contributed by atoms with E-state index < -0.39 is 0 Å². The van der Waals surface area contributed by atoms with Gasteiger partial charge in [-0.05, 0) is 37.6 Å². The summed E-state index contributed by atoms with van der Waals surface area (Å²) < 4.78 is 0. The molecule has 0 aliphatic heterocycles. The van der Waals surface area contributed by atoms with Crippen LogP contribution >= 0.6 is 0 Å². The molecule has 1 rings (SSSR count). The zero-order valence-corrected chi connectivity index (χ0v) is 9.59. The number of benzene rings is 1. The summed E-state index contributed by atoms with van der Waals surface area (Å²) in [6.07, 6.45) is 2.30. The van der Waals surface area contributed by atoms with Crippen LogP contribution in [0.3, 0.4) is 0 Å². The first-order chi connectivity index (χ1) is 6.76. The molecule has 1 heteroatoms. The van der Waals surface area contributed by atoms with Gasteiger partial charge >= 0.3 is 0 Å². The van der Waals surface area contributed by atoms with Gasteiger partial charge in [0.05, 0.1) is 0 Å². The molecule has 1 aromatic carbocycles. The lowest BCUT2D eigenvalue weighted by atomic mass is 10.1. The van der Waals surface area contributed by atoms with Crippen LogP contribution in [-0.4, -0.2) is 25.0 Å². The maximum absolute atomic E-state index is 2.34. The van der Waals surface area contributed by atoms with Crippen molar-refractivity contribution in [3.63, 3.8) is 0 Å². The monoisotopic (exact) mass is 191 g/mol. The van der Waals surface area contributed by atoms with Crippen molar-refractivity contribution in [2.75, 3.05) is 20.1 Å². The summed E-state index contributed by atoms with van der Waals surface area (Å²) in [4.78, 5) is 2.34. The highest BCUT2D eigenvalue weighted by atomic mass is 15.1. The minimum atomic E-state index is 1.13. The minimum absolute atomic E-state index is 1.13. The lowest BCUT2D eigenvalue weighted by Gasteiger charge is -2.13. The molecule has 0 saturated heterocycles. The Morgan fingerprint density at radius 1 is 1.00 bits per heavy atom. The highest BCUT2D eigenvalue weighted by Crippen LogP contribution is 2.06. The summed E-state index contributed by atoms with van der Waals surface area (Å²) in [5.74, 6) is 0. The molecule has 0 aromatic heterocycles. The van der Waals surface area contributed by atoms with Crippen molar-refractivity contribution < 1.29 is 0 Å². The lowest BCUT2D eigenvalue weighted by molar-refractivity contribution is 0.357. The number of hydrogen-bond acceptors (Lipinski definition) is 1. The SMILES string of the molecule is CCc1ccc(CCN(C)CC)cc1. The molecule has 0 atom stereocenters. The van der Waals surface area contributed by atoms with Gasteiger partial charge in [0.25, 0.3) is 0 Å². The molecule has 0 spiro atoms. The number of aryl methyl sites for hydroxylation is 1. The Balaban J connectivity index is 2.43. The molecule has 0 amide bonds. The molecule has 0 N–H and O–H groups in total. The average Bonchev–Trinajstić information content (AvgIpc) is 2.26. The Morgan fingerprint density at radius 2 is 1.57 bits per heavy atom. The fraction of sp³-hybridized carbons (Fsp3) is 0.538. The first-order valence-corrected chi connectivity index (χ1v) is 5.52. The number of rotatable bonds is 5. The largest absolute Gasteiger partial charge is 0.306 e. The van der Waals surface area contributed by atoms with Crippen LogP contribution in [0.2, 0.25) is 0 Å². The van der Waals surface area contributed by atoms with E-state index in [0.717, 1.165) is 25.9 Å².